The van der Waals surface area contributed by atoms with Gasteiger partial charge in [-0.2, -0.15) is 0 Å². The van der Waals surface area contributed by atoms with Gasteiger partial charge in [0, 0.05) is 17.5 Å². The number of hydrogen-bond donors (Lipinski definition) is 1. The fourth-order valence-corrected chi connectivity index (χ4v) is 2.75. The molecule has 0 atom stereocenters. The van der Waals surface area contributed by atoms with Crippen LogP contribution in [0.2, 0.25) is 0 Å². The molecule has 100 valence electrons. The summed E-state index contributed by atoms with van der Waals surface area (Å²) in [4.78, 5) is 21.5. The molecule has 2 heterocycles. The largest absolute Gasteiger partial charge is 0.350 e. The molecular formula is C14H17N3OS. The van der Waals surface area contributed by atoms with Crippen LogP contribution < -0.4 is 5.32 Å². The Labute approximate surface area is 116 Å². The third kappa shape index (κ3) is 4.13. The molecule has 0 saturated heterocycles. The molecule has 0 aromatic carbocycles. The van der Waals surface area contributed by atoms with E-state index in [-0.39, 0.29) is 5.91 Å². The average Bonchev–Trinajstić information content (AvgIpc) is 2.73. The van der Waals surface area contributed by atoms with Gasteiger partial charge in [-0.3, -0.25) is 9.78 Å². The molecular weight excluding hydrogens is 258 g/mol. The Balaban J connectivity index is 1.77. The van der Waals surface area contributed by atoms with Crippen LogP contribution in [0.25, 0.3) is 0 Å². The van der Waals surface area contributed by atoms with Gasteiger partial charge in [-0.25, -0.2) is 4.98 Å². The van der Waals surface area contributed by atoms with Gasteiger partial charge in [0.1, 0.15) is 0 Å². The summed E-state index contributed by atoms with van der Waals surface area (Å²) in [5.74, 6) is 0.0520. The Morgan fingerprint density at radius 3 is 2.84 bits per heavy atom. The summed E-state index contributed by atoms with van der Waals surface area (Å²) in [5.41, 5.74) is 1.92. The second-order valence-electron chi connectivity index (χ2n) is 4.34. The van der Waals surface area contributed by atoms with Crippen molar-refractivity contribution in [3.05, 3.63) is 45.7 Å². The van der Waals surface area contributed by atoms with E-state index in [1.165, 1.54) is 4.88 Å². The molecule has 2 aromatic rings. The zero-order valence-electron chi connectivity index (χ0n) is 11.1. The minimum absolute atomic E-state index is 0.0520. The highest BCUT2D eigenvalue weighted by atomic mass is 32.1. The molecule has 1 N–H and O–H groups in total. The Kier molecular flexibility index (Phi) is 4.63. The normalized spacial score (nSPS) is 10.4. The molecule has 1 amide bonds. The molecule has 0 saturated carbocycles. The lowest BCUT2D eigenvalue weighted by Gasteiger charge is -2.04. The highest BCUT2D eigenvalue weighted by Crippen LogP contribution is 2.18. The van der Waals surface area contributed by atoms with Gasteiger partial charge in [-0.15, -0.1) is 11.3 Å². The predicted octanol–water partition coefficient (Wildman–Crippen LogP) is 2.40. The van der Waals surface area contributed by atoms with Crippen molar-refractivity contribution < 1.29 is 4.79 Å². The summed E-state index contributed by atoms with van der Waals surface area (Å²) in [7, 11) is 0. The number of rotatable bonds is 5. The van der Waals surface area contributed by atoms with Gasteiger partial charge < -0.3 is 5.32 Å². The van der Waals surface area contributed by atoms with Crippen molar-refractivity contribution in [2.75, 3.05) is 0 Å². The summed E-state index contributed by atoms with van der Waals surface area (Å²) >= 11 is 1.67. The van der Waals surface area contributed by atoms with Gasteiger partial charge in [0.15, 0.2) is 0 Å². The molecule has 0 fully saturated rings. The number of aryl methyl sites for hydroxylation is 3. The van der Waals surface area contributed by atoms with Crippen molar-refractivity contribution in [1.82, 2.24) is 15.3 Å². The van der Waals surface area contributed by atoms with Gasteiger partial charge in [0.25, 0.3) is 0 Å². The Morgan fingerprint density at radius 2 is 2.21 bits per heavy atom. The van der Waals surface area contributed by atoms with E-state index >= 15 is 0 Å². The molecule has 0 unspecified atom stereocenters. The van der Waals surface area contributed by atoms with Crippen LogP contribution in [0, 0.1) is 13.8 Å². The third-order valence-electron chi connectivity index (χ3n) is 2.77. The van der Waals surface area contributed by atoms with E-state index in [1.807, 2.05) is 32.0 Å². The molecule has 0 aliphatic rings. The lowest BCUT2D eigenvalue weighted by Crippen LogP contribution is -2.23. The van der Waals surface area contributed by atoms with E-state index in [4.69, 9.17) is 0 Å². The summed E-state index contributed by atoms with van der Waals surface area (Å²) in [5, 5.41) is 3.94. The first-order chi connectivity index (χ1) is 9.15. The van der Waals surface area contributed by atoms with Crippen molar-refractivity contribution in [1.29, 1.82) is 0 Å². The lowest BCUT2D eigenvalue weighted by molar-refractivity contribution is -0.121. The fraction of sp³-hybridized carbons (Fsp3) is 0.357. The molecule has 0 aliphatic heterocycles. The Morgan fingerprint density at radius 1 is 1.37 bits per heavy atom. The predicted molar refractivity (Wildman–Crippen MR) is 76.0 cm³/mol. The highest BCUT2D eigenvalue weighted by Gasteiger charge is 2.08. The molecule has 0 aliphatic carbocycles. The first-order valence-corrected chi connectivity index (χ1v) is 7.06. The van der Waals surface area contributed by atoms with Crippen LogP contribution in [0.1, 0.15) is 27.7 Å². The quantitative estimate of drug-likeness (QED) is 0.911. The molecule has 2 aromatic heterocycles. The van der Waals surface area contributed by atoms with Gasteiger partial charge in [0.05, 0.1) is 22.9 Å². The second-order valence-corrected chi connectivity index (χ2v) is 5.63. The zero-order chi connectivity index (χ0) is 13.7. The van der Waals surface area contributed by atoms with Crippen molar-refractivity contribution in [2.24, 2.45) is 0 Å². The lowest BCUT2D eigenvalue weighted by atomic mass is 10.2. The highest BCUT2D eigenvalue weighted by molar-refractivity contribution is 7.11. The maximum Gasteiger partial charge on any atom is 0.220 e. The number of amides is 1. The van der Waals surface area contributed by atoms with Crippen molar-refractivity contribution in [2.45, 2.75) is 33.2 Å². The molecule has 19 heavy (non-hydrogen) atoms. The number of nitrogens with zero attached hydrogens (tertiary/aromatic N) is 2. The van der Waals surface area contributed by atoms with Crippen molar-refractivity contribution in [3.63, 3.8) is 0 Å². The number of nitrogens with one attached hydrogen (secondary N) is 1. The first-order valence-electron chi connectivity index (χ1n) is 6.24. The maximum absolute atomic E-state index is 11.8. The standard InChI is InChI=1S/C14H17N3OS/c1-10-13(19-11(2)17-10)6-7-14(18)16-9-12-5-3-4-8-15-12/h3-5,8H,6-7,9H2,1-2H3,(H,16,18). The van der Waals surface area contributed by atoms with Crippen LogP contribution in [0.5, 0.6) is 0 Å². The number of pyridine rings is 1. The summed E-state index contributed by atoms with van der Waals surface area (Å²) in [6, 6.07) is 5.68. The number of hydrogen-bond acceptors (Lipinski definition) is 4. The van der Waals surface area contributed by atoms with Gasteiger partial charge in [-0.05, 0) is 32.4 Å². The number of carbonyl (C=O) groups excluding carboxylic acids is 1. The minimum atomic E-state index is 0.0520. The van der Waals surface area contributed by atoms with Gasteiger partial charge >= 0.3 is 0 Å². The maximum atomic E-state index is 11.8. The molecule has 4 nitrogen and oxygen atoms in total. The van der Waals surface area contributed by atoms with Crippen molar-refractivity contribution >= 4 is 17.2 Å². The molecule has 0 bridgehead atoms. The summed E-state index contributed by atoms with van der Waals surface area (Å²) in [6.07, 6.45) is 2.98. The first kappa shape index (κ1) is 13.7. The smallest absolute Gasteiger partial charge is 0.220 e. The zero-order valence-corrected chi connectivity index (χ0v) is 12.0. The number of carbonyl (C=O) groups is 1. The monoisotopic (exact) mass is 275 g/mol. The van der Waals surface area contributed by atoms with E-state index in [1.54, 1.807) is 17.5 Å². The van der Waals surface area contributed by atoms with E-state index in [0.717, 1.165) is 22.8 Å². The van der Waals surface area contributed by atoms with E-state index < -0.39 is 0 Å². The second kappa shape index (κ2) is 6.43. The van der Waals surface area contributed by atoms with Crippen molar-refractivity contribution in [3.8, 4) is 0 Å². The van der Waals surface area contributed by atoms with Crippen LogP contribution in [0.15, 0.2) is 24.4 Å². The Bertz CT molecular complexity index is 551. The number of thiazole rings is 1. The van der Waals surface area contributed by atoms with E-state index in [2.05, 4.69) is 15.3 Å². The van der Waals surface area contributed by atoms with Gasteiger partial charge in [0.2, 0.25) is 5.91 Å². The number of aromatic nitrogens is 2. The average molecular weight is 275 g/mol. The molecule has 5 heteroatoms. The van der Waals surface area contributed by atoms with Crippen LogP contribution in [0.4, 0.5) is 0 Å². The van der Waals surface area contributed by atoms with E-state index in [9.17, 15) is 4.79 Å². The van der Waals surface area contributed by atoms with Crippen LogP contribution in [-0.4, -0.2) is 15.9 Å². The summed E-state index contributed by atoms with van der Waals surface area (Å²) in [6.45, 7) is 4.47. The SMILES string of the molecule is Cc1nc(C)c(CCC(=O)NCc2ccccn2)s1. The van der Waals surface area contributed by atoms with Crippen LogP contribution in [-0.2, 0) is 17.8 Å². The van der Waals surface area contributed by atoms with Crippen LogP contribution >= 0.6 is 11.3 Å². The molecule has 0 radical (unpaired) electrons. The van der Waals surface area contributed by atoms with E-state index in [0.29, 0.717) is 13.0 Å². The van der Waals surface area contributed by atoms with Gasteiger partial charge in [-0.1, -0.05) is 6.07 Å². The fourth-order valence-electron chi connectivity index (χ4n) is 1.81. The molecule has 2 rings (SSSR count). The summed E-state index contributed by atoms with van der Waals surface area (Å²) < 4.78 is 0. The third-order valence-corrected chi connectivity index (χ3v) is 3.90. The molecule has 0 spiro atoms. The topological polar surface area (TPSA) is 54.9 Å². The Hall–Kier alpha value is -1.75. The minimum Gasteiger partial charge on any atom is -0.350 e. The van der Waals surface area contributed by atoms with Crippen LogP contribution in [0.3, 0.4) is 0 Å².